The standard InChI is InChI=1S/C13H15ClN2/c1-2-3-9-16-10-12(14)15-13(16)11-7-5-4-6-8-11/h4-8,10H,2-3,9H2,1H3. The van der Waals surface area contributed by atoms with Crippen LogP contribution in [0.4, 0.5) is 0 Å². The number of hydrogen-bond acceptors (Lipinski definition) is 1. The second-order valence-electron chi connectivity index (χ2n) is 3.80. The summed E-state index contributed by atoms with van der Waals surface area (Å²) in [5, 5.41) is 0.565. The van der Waals surface area contributed by atoms with Crippen molar-refractivity contribution >= 4 is 11.6 Å². The molecule has 0 aliphatic heterocycles. The molecule has 0 aliphatic carbocycles. The SMILES string of the molecule is CCCCn1cc(Cl)nc1-c1ccccc1. The van der Waals surface area contributed by atoms with Crippen LogP contribution >= 0.6 is 11.6 Å². The predicted octanol–water partition coefficient (Wildman–Crippen LogP) is 4.00. The minimum Gasteiger partial charge on any atom is -0.329 e. The summed E-state index contributed by atoms with van der Waals surface area (Å²) in [5.41, 5.74) is 1.12. The van der Waals surface area contributed by atoms with E-state index in [9.17, 15) is 0 Å². The molecule has 0 bridgehead atoms. The molecule has 1 aromatic heterocycles. The van der Waals surface area contributed by atoms with Gasteiger partial charge in [-0.1, -0.05) is 55.3 Å². The first-order valence-electron chi connectivity index (χ1n) is 5.59. The van der Waals surface area contributed by atoms with E-state index in [0.717, 1.165) is 24.4 Å². The highest BCUT2D eigenvalue weighted by molar-refractivity contribution is 6.29. The Bertz CT molecular complexity index is 448. The van der Waals surface area contributed by atoms with E-state index in [-0.39, 0.29) is 0 Å². The molecule has 0 amide bonds. The molecule has 16 heavy (non-hydrogen) atoms. The molecule has 3 heteroatoms. The molecule has 84 valence electrons. The summed E-state index contributed by atoms with van der Waals surface area (Å²) in [6.07, 6.45) is 4.22. The van der Waals surface area contributed by atoms with Crippen molar-refractivity contribution in [1.82, 2.24) is 9.55 Å². The number of halogens is 1. The maximum atomic E-state index is 5.96. The lowest BCUT2D eigenvalue weighted by atomic mass is 10.2. The van der Waals surface area contributed by atoms with Crippen molar-refractivity contribution in [2.75, 3.05) is 0 Å². The monoisotopic (exact) mass is 234 g/mol. The Morgan fingerprint density at radius 2 is 2.00 bits per heavy atom. The molecule has 0 fully saturated rings. The van der Waals surface area contributed by atoms with Crippen LogP contribution in [0.5, 0.6) is 0 Å². The Morgan fingerprint density at radius 1 is 1.25 bits per heavy atom. The number of unbranched alkanes of at least 4 members (excludes halogenated alkanes) is 1. The highest BCUT2D eigenvalue weighted by Gasteiger charge is 2.07. The molecule has 0 saturated carbocycles. The fraction of sp³-hybridized carbons (Fsp3) is 0.308. The molecule has 2 aromatic rings. The highest BCUT2D eigenvalue weighted by Crippen LogP contribution is 2.21. The summed E-state index contributed by atoms with van der Waals surface area (Å²) in [6, 6.07) is 10.1. The number of nitrogens with zero attached hydrogens (tertiary/aromatic N) is 2. The average molecular weight is 235 g/mol. The van der Waals surface area contributed by atoms with Crippen LogP contribution < -0.4 is 0 Å². The molecule has 0 aliphatic rings. The van der Waals surface area contributed by atoms with Gasteiger partial charge in [-0.15, -0.1) is 0 Å². The van der Waals surface area contributed by atoms with Crippen LogP contribution in [0.3, 0.4) is 0 Å². The highest BCUT2D eigenvalue weighted by atomic mass is 35.5. The van der Waals surface area contributed by atoms with E-state index < -0.39 is 0 Å². The number of aryl methyl sites for hydroxylation is 1. The second kappa shape index (κ2) is 5.17. The molecule has 1 heterocycles. The molecule has 2 nitrogen and oxygen atoms in total. The minimum absolute atomic E-state index is 0.565. The number of rotatable bonds is 4. The van der Waals surface area contributed by atoms with Crippen molar-refractivity contribution in [3.05, 3.63) is 41.7 Å². The molecule has 0 N–H and O–H groups in total. The quantitative estimate of drug-likeness (QED) is 0.782. The third kappa shape index (κ3) is 2.45. The zero-order chi connectivity index (χ0) is 11.4. The van der Waals surface area contributed by atoms with E-state index in [4.69, 9.17) is 11.6 Å². The first-order valence-corrected chi connectivity index (χ1v) is 5.97. The van der Waals surface area contributed by atoms with Crippen LogP contribution in [0.2, 0.25) is 5.15 Å². The Labute approximate surface area is 101 Å². The van der Waals surface area contributed by atoms with Gasteiger partial charge < -0.3 is 4.57 Å². The average Bonchev–Trinajstić information content (AvgIpc) is 2.69. The summed E-state index contributed by atoms with van der Waals surface area (Å²) in [7, 11) is 0. The van der Waals surface area contributed by atoms with Crippen LogP contribution in [-0.2, 0) is 6.54 Å². The van der Waals surface area contributed by atoms with Crippen molar-refractivity contribution in [3.63, 3.8) is 0 Å². The van der Waals surface area contributed by atoms with Gasteiger partial charge in [0.25, 0.3) is 0 Å². The van der Waals surface area contributed by atoms with Gasteiger partial charge in [0, 0.05) is 18.3 Å². The molecular formula is C13H15ClN2. The fourth-order valence-corrected chi connectivity index (χ4v) is 1.90. The number of benzene rings is 1. The van der Waals surface area contributed by atoms with Gasteiger partial charge in [-0.2, -0.15) is 0 Å². The van der Waals surface area contributed by atoms with Crippen LogP contribution in [0.1, 0.15) is 19.8 Å². The normalized spacial score (nSPS) is 10.6. The third-order valence-corrected chi connectivity index (χ3v) is 2.71. The van der Waals surface area contributed by atoms with Gasteiger partial charge >= 0.3 is 0 Å². The van der Waals surface area contributed by atoms with Crippen molar-refractivity contribution in [1.29, 1.82) is 0 Å². The largest absolute Gasteiger partial charge is 0.329 e. The van der Waals surface area contributed by atoms with Crippen LogP contribution in [-0.4, -0.2) is 9.55 Å². The van der Waals surface area contributed by atoms with Gasteiger partial charge in [0.2, 0.25) is 0 Å². The van der Waals surface area contributed by atoms with Gasteiger partial charge in [0.15, 0.2) is 0 Å². The van der Waals surface area contributed by atoms with E-state index in [1.54, 1.807) is 0 Å². The smallest absolute Gasteiger partial charge is 0.147 e. The van der Waals surface area contributed by atoms with Crippen molar-refractivity contribution in [2.45, 2.75) is 26.3 Å². The van der Waals surface area contributed by atoms with Gasteiger partial charge in [-0.25, -0.2) is 4.98 Å². The van der Waals surface area contributed by atoms with Crippen molar-refractivity contribution in [3.8, 4) is 11.4 Å². The van der Waals surface area contributed by atoms with E-state index in [1.165, 1.54) is 6.42 Å². The summed E-state index contributed by atoms with van der Waals surface area (Å²) >= 11 is 5.96. The molecule has 0 spiro atoms. The number of imidazole rings is 1. The summed E-state index contributed by atoms with van der Waals surface area (Å²) in [4.78, 5) is 4.36. The number of hydrogen-bond donors (Lipinski definition) is 0. The second-order valence-corrected chi connectivity index (χ2v) is 4.19. The van der Waals surface area contributed by atoms with Crippen LogP contribution in [0.25, 0.3) is 11.4 Å². The molecule has 0 atom stereocenters. The Hall–Kier alpha value is -1.28. The lowest BCUT2D eigenvalue weighted by Crippen LogP contribution is -1.98. The molecular weight excluding hydrogens is 220 g/mol. The van der Waals surface area contributed by atoms with E-state index >= 15 is 0 Å². The fourth-order valence-electron chi connectivity index (χ4n) is 1.70. The van der Waals surface area contributed by atoms with Crippen molar-refractivity contribution < 1.29 is 0 Å². The zero-order valence-corrected chi connectivity index (χ0v) is 10.1. The Morgan fingerprint density at radius 3 is 2.69 bits per heavy atom. The van der Waals surface area contributed by atoms with E-state index in [0.29, 0.717) is 5.15 Å². The van der Waals surface area contributed by atoms with Crippen LogP contribution in [0.15, 0.2) is 36.5 Å². The topological polar surface area (TPSA) is 17.8 Å². The summed E-state index contributed by atoms with van der Waals surface area (Å²) < 4.78 is 2.13. The van der Waals surface area contributed by atoms with E-state index in [2.05, 4.69) is 28.6 Å². The molecule has 1 aromatic carbocycles. The predicted molar refractivity (Wildman–Crippen MR) is 67.6 cm³/mol. The summed E-state index contributed by atoms with van der Waals surface area (Å²) in [5.74, 6) is 0.957. The molecule has 2 rings (SSSR count). The zero-order valence-electron chi connectivity index (χ0n) is 9.36. The lowest BCUT2D eigenvalue weighted by Gasteiger charge is -2.06. The van der Waals surface area contributed by atoms with Gasteiger partial charge in [-0.05, 0) is 6.42 Å². The summed E-state index contributed by atoms with van der Waals surface area (Å²) in [6.45, 7) is 3.15. The minimum atomic E-state index is 0.565. The Balaban J connectivity index is 2.33. The maximum Gasteiger partial charge on any atom is 0.147 e. The molecule has 0 unspecified atom stereocenters. The van der Waals surface area contributed by atoms with Gasteiger partial charge in [0.05, 0.1) is 0 Å². The third-order valence-electron chi connectivity index (χ3n) is 2.53. The van der Waals surface area contributed by atoms with E-state index in [1.807, 2.05) is 24.4 Å². The van der Waals surface area contributed by atoms with Gasteiger partial charge in [0.1, 0.15) is 11.0 Å². The number of aromatic nitrogens is 2. The van der Waals surface area contributed by atoms with Gasteiger partial charge in [-0.3, -0.25) is 0 Å². The molecule has 0 saturated heterocycles. The lowest BCUT2D eigenvalue weighted by molar-refractivity contribution is 0.637. The van der Waals surface area contributed by atoms with Crippen molar-refractivity contribution in [2.24, 2.45) is 0 Å². The molecule has 0 radical (unpaired) electrons. The Kier molecular flexibility index (Phi) is 3.62. The van der Waals surface area contributed by atoms with Crippen LogP contribution in [0, 0.1) is 0 Å². The maximum absolute atomic E-state index is 5.96. The first-order chi connectivity index (χ1) is 7.81. The first kappa shape index (κ1) is 11.2.